The number of benzene rings is 2. The molecule has 0 aromatic heterocycles. The lowest BCUT2D eigenvalue weighted by Gasteiger charge is -2.26. The molecule has 0 aliphatic rings. The molecular weight excluding hydrogens is 424 g/mol. The second-order valence-electron chi connectivity index (χ2n) is 9.99. The van der Waals surface area contributed by atoms with Gasteiger partial charge in [0.2, 0.25) is 0 Å². The van der Waals surface area contributed by atoms with Crippen molar-refractivity contribution in [3.8, 4) is 11.1 Å². The van der Waals surface area contributed by atoms with Crippen LogP contribution in [-0.2, 0) is 33.1 Å². The molecule has 0 radical (unpaired) electrons. The SMILES string of the molecule is CC(C)(C)Cc1c(-c2cccc(S(=O)(=O)O)c2CC(C)(C)C)cccc1S(=O)(=O)O. The van der Waals surface area contributed by atoms with Gasteiger partial charge >= 0.3 is 0 Å². The third-order valence-corrected chi connectivity index (χ3v) is 6.40. The molecule has 0 atom stereocenters. The van der Waals surface area contributed by atoms with Crippen LogP contribution in [0.5, 0.6) is 0 Å². The van der Waals surface area contributed by atoms with E-state index in [2.05, 4.69) is 0 Å². The largest absolute Gasteiger partial charge is 0.294 e. The van der Waals surface area contributed by atoms with E-state index in [-0.39, 0.29) is 20.6 Å². The van der Waals surface area contributed by atoms with Gasteiger partial charge < -0.3 is 0 Å². The molecule has 0 aliphatic carbocycles. The lowest BCUT2D eigenvalue weighted by Crippen LogP contribution is -2.16. The van der Waals surface area contributed by atoms with Crippen LogP contribution in [0.2, 0.25) is 0 Å². The van der Waals surface area contributed by atoms with Crippen LogP contribution in [0, 0.1) is 10.8 Å². The maximum atomic E-state index is 12.1. The lowest BCUT2D eigenvalue weighted by molar-refractivity contribution is 0.404. The molecule has 0 saturated heterocycles. The molecule has 2 aromatic carbocycles. The average Bonchev–Trinajstić information content (AvgIpc) is 2.50. The van der Waals surface area contributed by atoms with E-state index >= 15 is 0 Å². The molecule has 2 aromatic rings. The van der Waals surface area contributed by atoms with Crippen LogP contribution in [0.15, 0.2) is 46.2 Å². The minimum Gasteiger partial charge on any atom is -0.282 e. The van der Waals surface area contributed by atoms with Crippen molar-refractivity contribution in [2.24, 2.45) is 10.8 Å². The van der Waals surface area contributed by atoms with Gasteiger partial charge in [-0.3, -0.25) is 9.11 Å². The van der Waals surface area contributed by atoms with Crippen LogP contribution in [0.3, 0.4) is 0 Å². The van der Waals surface area contributed by atoms with Crippen molar-refractivity contribution in [2.45, 2.75) is 64.2 Å². The Morgan fingerprint density at radius 2 is 0.933 bits per heavy atom. The Hall–Kier alpha value is -1.74. The quantitative estimate of drug-likeness (QED) is 0.614. The van der Waals surface area contributed by atoms with Crippen molar-refractivity contribution in [3.63, 3.8) is 0 Å². The molecule has 2 rings (SSSR count). The third-order valence-electron chi connectivity index (χ3n) is 4.53. The van der Waals surface area contributed by atoms with Crippen LogP contribution in [-0.4, -0.2) is 25.9 Å². The third kappa shape index (κ3) is 6.14. The van der Waals surface area contributed by atoms with Gasteiger partial charge in [-0.1, -0.05) is 65.8 Å². The number of hydrogen-bond acceptors (Lipinski definition) is 4. The van der Waals surface area contributed by atoms with Gasteiger partial charge in [0, 0.05) is 0 Å². The summed E-state index contributed by atoms with van der Waals surface area (Å²) >= 11 is 0. The Balaban J connectivity index is 2.97. The Morgan fingerprint density at radius 1 is 0.633 bits per heavy atom. The van der Waals surface area contributed by atoms with Gasteiger partial charge in [-0.2, -0.15) is 16.8 Å². The Bertz CT molecular complexity index is 1060. The second kappa shape index (κ2) is 8.07. The molecular formula is C22H30O6S2. The summed E-state index contributed by atoms with van der Waals surface area (Å²) in [7, 11) is -8.98. The second-order valence-corrected chi connectivity index (χ2v) is 12.8. The minimum atomic E-state index is -4.49. The number of hydrogen-bond donors (Lipinski definition) is 2. The van der Waals surface area contributed by atoms with Gasteiger partial charge in [-0.15, -0.1) is 0 Å². The molecule has 30 heavy (non-hydrogen) atoms. The predicted octanol–water partition coefficient (Wildman–Crippen LogP) is 5.02. The molecule has 0 heterocycles. The van der Waals surface area contributed by atoms with Crippen molar-refractivity contribution in [1.82, 2.24) is 0 Å². The molecule has 8 heteroatoms. The van der Waals surface area contributed by atoms with E-state index in [0.29, 0.717) is 35.1 Å². The van der Waals surface area contributed by atoms with Crippen molar-refractivity contribution in [2.75, 3.05) is 0 Å². The molecule has 0 saturated carbocycles. The highest BCUT2D eigenvalue weighted by molar-refractivity contribution is 7.86. The van der Waals surface area contributed by atoms with Crippen molar-refractivity contribution < 1.29 is 25.9 Å². The van der Waals surface area contributed by atoms with E-state index in [1.807, 2.05) is 41.5 Å². The predicted molar refractivity (Wildman–Crippen MR) is 118 cm³/mol. The molecule has 0 spiro atoms. The standard InChI is InChI=1S/C22H30O6S2/c1-21(2,3)13-17-15(9-7-11-19(17)29(23,24)25)16-10-8-12-20(30(26,27)28)18(16)14-22(4,5)6/h7-12H,13-14H2,1-6H3,(H,23,24,25)(H,26,27,28). The zero-order chi connectivity index (χ0) is 23.1. The zero-order valence-electron chi connectivity index (χ0n) is 18.2. The summed E-state index contributed by atoms with van der Waals surface area (Å²) in [6, 6.07) is 9.15. The summed E-state index contributed by atoms with van der Waals surface area (Å²) in [6.07, 6.45) is 0.673. The highest BCUT2D eigenvalue weighted by Gasteiger charge is 2.28. The Morgan fingerprint density at radius 3 is 1.17 bits per heavy atom. The van der Waals surface area contributed by atoms with Crippen LogP contribution in [0.4, 0.5) is 0 Å². The molecule has 0 bridgehead atoms. The summed E-state index contributed by atoms with van der Waals surface area (Å²) in [5.74, 6) is 0. The van der Waals surface area contributed by atoms with Gasteiger partial charge in [-0.05, 0) is 58.1 Å². The summed E-state index contributed by atoms with van der Waals surface area (Å²) in [4.78, 5) is -0.400. The smallest absolute Gasteiger partial charge is 0.282 e. The highest BCUT2D eigenvalue weighted by Crippen LogP contribution is 2.39. The molecule has 0 amide bonds. The van der Waals surface area contributed by atoms with Crippen molar-refractivity contribution in [1.29, 1.82) is 0 Å². The van der Waals surface area contributed by atoms with Crippen LogP contribution in [0.1, 0.15) is 52.7 Å². The first-order valence-corrected chi connectivity index (χ1v) is 12.5. The van der Waals surface area contributed by atoms with E-state index in [1.165, 1.54) is 24.3 Å². The summed E-state index contributed by atoms with van der Waals surface area (Å²) in [6.45, 7) is 11.7. The fraction of sp³-hybridized carbons (Fsp3) is 0.455. The minimum absolute atomic E-state index is 0.200. The van der Waals surface area contributed by atoms with Crippen molar-refractivity contribution in [3.05, 3.63) is 47.5 Å². The van der Waals surface area contributed by atoms with E-state index in [1.54, 1.807) is 12.1 Å². The lowest BCUT2D eigenvalue weighted by atomic mass is 9.81. The van der Waals surface area contributed by atoms with E-state index in [9.17, 15) is 25.9 Å². The van der Waals surface area contributed by atoms with Gasteiger partial charge in [0.15, 0.2) is 0 Å². The summed E-state index contributed by atoms with van der Waals surface area (Å²) in [5.41, 5.74) is 1.25. The molecule has 6 nitrogen and oxygen atoms in total. The molecule has 166 valence electrons. The molecule has 0 unspecified atom stereocenters. The topological polar surface area (TPSA) is 109 Å². The van der Waals surface area contributed by atoms with Crippen molar-refractivity contribution >= 4 is 20.2 Å². The maximum Gasteiger partial charge on any atom is 0.294 e. The van der Waals surface area contributed by atoms with E-state index in [0.717, 1.165) is 0 Å². The molecule has 0 aliphatic heterocycles. The first-order valence-electron chi connectivity index (χ1n) is 9.59. The van der Waals surface area contributed by atoms with Gasteiger partial charge in [0.1, 0.15) is 0 Å². The Labute approximate surface area is 179 Å². The van der Waals surface area contributed by atoms with Crippen LogP contribution in [0.25, 0.3) is 11.1 Å². The van der Waals surface area contributed by atoms with Crippen LogP contribution >= 0.6 is 0 Å². The monoisotopic (exact) mass is 454 g/mol. The maximum absolute atomic E-state index is 12.1. The first-order chi connectivity index (χ1) is 13.4. The van der Waals surface area contributed by atoms with Gasteiger partial charge in [0.05, 0.1) is 9.79 Å². The highest BCUT2D eigenvalue weighted by atomic mass is 32.2. The summed E-state index contributed by atoms with van der Waals surface area (Å²) < 4.78 is 68.0. The fourth-order valence-corrected chi connectivity index (χ4v) is 5.03. The fourth-order valence-electron chi connectivity index (χ4n) is 3.54. The normalized spacial score (nSPS) is 13.5. The molecule has 0 fully saturated rings. The van der Waals surface area contributed by atoms with Gasteiger partial charge in [-0.25, -0.2) is 0 Å². The van der Waals surface area contributed by atoms with E-state index in [4.69, 9.17) is 0 Å². The Kier molecular flexibility index (Phi) is 6.60. The van der Waals surface area contributed by atoms with Crippen LogP contribution < -0.4 is 0 Å². The number of rotatable bonds is 5. The average molecular weight is 455 g/mol. The molecule has 2 N–H and O–H groups in total. The zero-order valence-corrected chi connectivity index (χ0v) is 19.9. The van der Waals surface area contributed by atoms with Gasteiger partial charge in [0.25, 0.3) is 20.2 Å². The first kappa shape index (κ1) is 24.5. The summed E-state index contributed by atoms with van der Waals surface area (Å²) in [5, 5.41) is 0. The van der Waals surface area contributed by atoms with E-state index < -0.39 is 20.2 Å².